The van der Waals surface area contributed by atoms with E-state index in [1.807, 2.05) is 0 Å². The maximum atomic E-state index is 12.0. The van der Waals surface area contributed by atoms with Crippen LogP contribution in [0.3, 0.4) is 0 Å². The molecule has 2 aromatic rings. The number of aromatic nitrogens is 3. The zero-order valence-corrected chi connectivity index (χ0v) is 9.56. The van der Waals surface area contributed by atoms with Crippen molar-refractivity contribution in [3.63, 3.8) is 0 Å². The molecule has 0 aliphatic carbocycles. The molecule has 5 nitrogen and oxygen atoms in total. The van der Waals surface area contributed by atoms with Crippen molar-refractivity contribution in [3.8, 4) is 11.5 Å². The van der Waals surface area contributed by atoms with Crippen molar-refractivity contribution in [2.24, 2.45) is 0 Å². The predicted molar refractivity (Wildman–Crippen MR) is 57.3 cm³/mol. The molecule has 0 unspecified atom stereocenters. The Bertz CT molecular complexity index is 557. The second kappa shape index (κ2) is 5.18. The van der Waals surface area contributed by atoms with Gasteiger partial charge in [0.2, 0.25) is 17.5 Å². The molecule has 0 fully saturated rings. The Balaban J connectivity index is 2.15. The first-order chi connectivity index (χ1) is 8.56. The van der Waals surface area contributed by atoms with E-state index in [9.17, 15) is 13.6 Å². The molecule has 0 N–H and O–H groups in total. The first kappa shape index (κ1) is 12.6. The van der Waals surface area contributed by atoms with Crippen LogP contribution in [0.1, 0.15) is 5.89 Å². The number of carbonyl (C=O) groups excluding carboxylic acids is 1. The molecule has 0 aromatic carbocycles. The van der Waals surface area contributed by atoms with E-state index < -0.39 is 18.6 Å². The first-order valence-electron chi connectivity index (χ1n) is 4.81. The first-order valence-corrected chi connectivity index (χ1v) is 5.19. The standard InChI is InChI=1S/C10H6ClF2N3O2/c11-5-1-2-6(14-4-5)10-15-8(18-16-10)3-7(17)9(12)13/h1-2,4,9H,3H2. The monoisotopic (exact) mass is 273 g/mol. The number of rotatable bonds is 4. The van der Waals surface area contributed by atoms with Crippen molar-refractivity contribution in [1.82, 2.24) is 15.1 Å². The summed E-state index contributed by atoms with van der Waals surface area (Å²) in [6.07, 6.45) is -2.26. The van der Waals surface area contributed by atoms with Gasteiger partial charge in [0.1, 0.15) is 5.69 Å². The van der Waals surface area contributed by atoms with Gasteiger partial charge < -0.3 is 4.52 Å². The van der Waals surface area contributed by atoms with Crippen LogP contribution in [-0.2, 0) is 11.2 Å². The topological polar surface area (TPSA) is 68.9 Å². The number of carbonyl (C=O) groups is 1. The number of halogens is 3. The van der Waals surface area contributed by atoms with Gasteiger partial charge in [-0.15, -0.1) is 0 Å². The van der Waals surface area contributed by atoms with Crippen LogP contribution in [0.4, 0.5) is 8.78 Å². The molecule has 0 saturated carbocycles. The van der Waals surface area contributed by atoms with Crippen molar-refractivity contribution in [1.29, 1.82) is 0 Å². The van der Waals surface area contributed by atoms with Gasteiger partial charge in [0.25, 0.3) is 6.43 Å². The van der Waals surface area contributed by atoms with Crippen molar-refractivity contribution < 1.29 is 18.1 Å². The molecule has 94 valence electrons. The number of alkyl halides is 2. The Labute approximate surface area is 105 Å². The fourth-order valence-corrected chi connectivity index (χ4v) is 1.28. The fraction of sp³-hybridized carbons (Fsp3) is 0.200. The number of ketones is 1. The van der Waals surface area contributed by atoms with Crippen LogP contribution in [0.5, 0.6) is 0 Å². The zero-order chi connectivity index (χ0) is 13.1. The van der Waals surface area contributed by atoms with Crippen LogP contribution in [0.25, 0.3) is 11.5 Å². The van der Waals surface area contributed by atoms with Gasteiger partial charge in [0.05, 0.1) is 11.4 Å². The molecular formula is C10H6ClF2N3O2. The predicted octanol–water partition coefficient (Wildman–Crippen LogP) is 2.16. The summed E-state index contributed by atoms with van der Waals surface area (Å²) >= 11 is 5.65. The number of nitrogens with zero attached hydrogens (tertiary/aromatic N) is 3. The molecule has 2 rings (SSSR count). The average Bonchev–Trinajstić information content (AvgIpc) is 2.78. The van der Waals surface area contributed by atoms with Gasteiger partial charge in [-0.25, -0.2) is 8.78 Å². The molecule has 0 atom stereocenters. The lowest BCUT2D eigenvalue weighted by Gasteiger charge is -1.93. The highest BCUT2D eigenvalue weighted by atomic mass is 35.5. The number of hydrogen-bond acceptors (Lipinski definition) is 5. The summed E-state index contributed by atoms with van der Waals surface area (Å²) in [5.74, 6) is -1.33. The molecule has 0 aliphatic heterocycles. The summed E-state index contributed by atoms with van der Waals surface area (Å²) in [7, 11) is 0. The van der Waals surface area contributed by atoms with Crippen LogP contribution in [0.2, 0.25) is 5.02 Å². The van der Waals surface area contributed by atoms with Gasteiger partial charge >= 0.3 is 0 Å². The third-order valence-corrected chi connectivity index (χ3v) is 2.22. The SMILES string of the molecule is O=C(Cc1nc(-c2ccc(Cl)cn2)no1)C(F)F. The maximum Gasteiger partial charge on any atom is 0.296 e. The minimum atomic E-state index is -3.05. The van der Waals surface area contributed by atoms with E-state index in [-0.39, 0.29) is 11.7 Å². The van der Waals surface area contributed by atoms with Gasteiger partial charge in [-0.3, -0.25) is 9.78 Å². The summed E-state index contributed by atoms with van der Waals surface area (Å²) in [5.41, 5.74) is 0.374. The third-order valence-electron chi connectivity index (χ3n) is 1.99. The van der Waals surface area contributed by atoms with Crippen molar-refractivity contribution in [2.75, 3.05) is 0 Å². The molecule has 18 heavy (non-hydrogen) atoms. The van der Waals surface area contributed by atoms with E-state index in [0.717, 1.165) is 0 Å². The summed E-state index contributed by atoms with van der Waals surface area (Å²) in [6.45, 7) is 0. The number of hydrogen-bond donors (Lipinski definition) is 0. The molecule has 0 saturated heterocycles. The van der Waals surface area contributed by atoms with E-state index >= 15 is 0 Å². The lowest BCUT2D eigenvalue weighted by atomic mass is 10.3. The van der Waals surface area contributed by atoms with Gasteiger partial charge in [0, 0.05) is 6.20 Å². The smallest absolute Gasteiger partial charge is 0.296 e. The molecule has 0 radical (unpaired) electrons. The molecule has 8 heteroatoms. The maximum absolute atomic E-state index is 12.0. The molecule has 0 aliphatic rings. The zero-order valence-electron chi connectivity index (χ0n) is 8.81. The third kappa shape index (κ3) is 2.86. The lowest BCUT2D eigenvalue weighted by Crippen LogP contribution is -2.12. The minimum absolute atomic E-state index is 0.115. The van der Waals surface area contributed by atoms with E-state index in [2.05, 4.69) is 19.6 Å². The fourth-order valence-electron chi connectivity index (χ4n) is 1.16. The summed E-state index contributed by atoms with van der Waals surface area (Å²) in [6, 6.07) is 3.12. The van der Waals surface area contributed by atoms with Crippen LogP contribution >= 0.6 is 11.6 Å². The molecule has 2 aromatic heterocycles. The Morgan fingerprint density at radius 2 is 2.22 bits per heavy atom. The highest BCUT2D eigenvalue weighted by Crippen LogP contribution is 2.16. The van der Waals surface area contributed by atoms with Crippen molar-refractivity contribution >= 4 is 17.4 Å². The Kier molecular flexibility index (Phi) is 3.61. The molecule has 2 heterocycles. The quantitative estimate of drug-likeness (QED) is 0.854. The second-order valence-electron chi connectivity index (χ2n) is 3.32. The van der Waals surface area contributed by atoms with Crippen LogP contribution in [-0.4, -0.2) is 27.3 Å². The van der Waals surface area contributed by atoms with E-state index in [1.165, 1.54) is 6.20 Å². The number of pyridine rings is 1. The Hall–Kier alpha value is -1.89. The highest BCUT2D eigenvalue weighted by Gasteiger charge is 2.20. The van der Waals surface area contributed by atoms with E-state index in [1.54, 1.807) is 12.1 Å². The van der Waals surface area contributed by atoms with Gasteiger partial charge in [0.15, 0.2) is 0 Å². The van der Waals surface area contributed by atoms with Gasteiger partial charge in [-0.2, -0.15) is 4.98 Å². The molecule has 0 bridgehead atoms. The molecule has 0 amide bonds. The average molecular weight is 274 g/mol. The van der Waals surface area contributed by atoms with Gasteiger partial charge in [-0.1, -0.05) is 16.8 Å². The van der Waals surface area contributed by atoms with Gasteiger partial charge in [-0.05, 0) is 12.1 Å². The summed E-state index contributed by atoms with van der Waals surface area (Å²) < 4.78 is 28.7. The highest BCUT2D eigenvalue weighted by molar-refractivity contribution is 6.30. The van der Waals surface area contributed by atoms with E-state index in [0.29, 0.717) is 10.7 Å². The Morgan fingerprint density at radius 1 is 1.44 bits per heavy atom. The normalized spacial score (nSPS) is 10.9. The lowest BCUT2D eigenvalue weighted by molar-refractivity contribution is -0.129. The van der Waals surface area contributed by atoms with Crippen LogP contribution in [0, 0.1) is 0 Å². The van der Waals surface area contributed by atoms with Crippen LogP contribution < -0.4 is 0 Å². The summed E-state index contributed by atoms with van der Waals surface area (Å²) in [4.78, 5) is 18.5. The van der Waals surface area contributed by atoms with E-state index in [4.69, 9.17) is 11.6 Å². The van der Waals surface area contributed by atoms with Crippen molar-refractivity contribution in [2.45, 2.75) is 12.8 Å². The minimum Gasteiger partial charge on any atom is -0.338 e. The molecule has 0 spiro atoms. The number of Topliss-reactive ketones (excluding diaryl/α,β-unsaturated/α-hetero) is 1. The largest absolute Gasteiger partial charge is 0.338 e. The second-order valence-corrected chi connectivity index (χ2v) is 3.75. The summed E-state index contributed by atoms with van der Waals surface area (Å²) in [5, 5.41) is 3.98. The Morgan fingerprint density at radius 3 is 2.83 bits per heavy atom. The van der Waals surface area contributed by atoms with Crippen LogP contribution in [0.15, 0.2) is 22.9 Å². The molecular weight excluding hydrogens is 268 g/mol. The van der Waals surface area contributed by atoms with Crippen molar-refractivity contribution in [3.05, 3.63) is 29.2 Å².